The predicted molar refractivity (Wildman–Crippen MR) is 184 cm³/mol. The maximum Gasteiger partial charge on any atom is 0.408 e. The molecule has 0 spiro atoms. The summed E-state index contributed by atoms with van der Waals surface area (Å²) in [6.45, 7) is 6.82. The summed E-state index contributed by atoms with van der Waals surface area (Å²) in [6, 6.07) is -0.854. The highest BCUT2D eigenvalue weighted by Crippen LogP contribution is 2.45. The Labute approximate surface area is 289 Å². The molecule has 3 amide bonds. The Morgan fingerprint density at radius 1 is 1.12 bits per heavy atom. The molecule has 13 nitrogen and oxygen atoms in total. The molecule has 4 aliphatic rings. The number of thiophene rings is 1. The summed E-state index contributed by atoms with van der Waals surface area (Å²) in [5.74, 6) is -2.59. The molecule has 0 aromatic carbocycles. The summed E-state index contributed by atoms with van der Waals surface area (Å²) >= 11 is 1.49. The lowest BCUT2D eigenvalue weighted by atomic mass is 10.0. The second-order valence-corrected chi connectivity index (χ2v) is 15.4. The van der Waals surface area contributed by atoms with Crippen molar-refractivity contribution in [3.8, 4) is 11.1 Å². The van der Waals surface area contributed by atoms with E-state index in [0.29, 0.717) is 18.4 Å². The number of aromatic nitrogens is 2. The molecule has 1 aliphatic carbocycles. The summed E-state index contributed by atoms with van der Waals surface area (Å²) in [5.41, 5.74) is -0.501. The summed E-state index contributed by atoms with van der Waals surface area (Å²) in [4.78, 5) is 71.7. The van der Waals surface area contributed by atoms with E-state index in [4.69, 9.17) is 4.74 Å². The van der Waals surface area contributed by atoms with Gasteiger partial charge in [0.05, 0.1) is 23.5 Å². The third-order valence-corrected chi connectivity index (χ3v) is 10.6. The molecule has 0 bridgehead atoms. The molecular weight excluding hydrogens is 648 g/mol. The monoisotopic (exact) mass is 694 g/mol. The first-order valence-corrected chi connectivity index (χ1v) is 18.2. The Balaban J connectivity index is 1.36. The highest BCUT2D eigenvalue weighted by atomic mass is 32.1. The van der Waals surface area contributed by atoms with E-state index in [-0.39, 0.29) is 30.9 Å². The van der Waals surface area contributed by atoms with Crippen molar-refractivity contribution in [1.82, 2.24) is 25.3 Å². The van der Waals surface area contributed by atoms with E-state index < -0.39 is 53.1 Å². The number of rotatable bonds is 5. The molecule has 2 aromatic heterocycles. The van der Waals surface area contributed by atoms with Crippen molar-refractivity contribution in [3.63, 3.8) is 0 Å². The molecule has 49 heavy (non-hydrogen) atoms. The van der Waals surface area contributed by atoms with Crippen LogP contribution in [0.25, 0.3) is 11.1 Å². The molecule has 3 fully saturated rings. The molecule has 3 aliphatic heterocycles. The van der Waals surface area contributed by atoms with E-state index >= 15 is 0 Å². The van der Waals surface area contributed by atoms with Crippen LogP contribution in [0.1, 0.15) is 84.6 Å². The fourth-order valence-electron chi connectivity index (χ4n) is 7.30. The largest absolute Gasteiger partial charge is 0.479 e. The van der Waals surface area contributed by atoms with Crippen LogP contribution in [-0.4, -0.2) is 86.5 Å². The number of aliphatic carboxylic acids is 1. The molecule has 3 N–H and O–H groups in total. The van der Waals surface area contributed by atoms with Gasteiger partial charge in [0, 0.05) is 37.5 Å². The van der Waals surface area contributed by atoms with Gasteiger partial charge in [0.15, 0.2) is 0 Å². The molecule has 5 atom stereocenters. The second kappa shape index (κ2) is 14.0. The zero-order valence-electron chi connectivity index (χ0n) is 28.4. The number of carbonyl (C=O) groups is 4. The Kier molecular flexibility index (Phi) is 9.88. The lowest BCUT2D eigenvalue weighted by Gasteiger charge is -2.30. The maximum absolute atomic E-state index is 14.4. The smallest absolute Gasteiger partial charge is 0.408 e. The number of ether oxygens (including phenoxy) is 1. The SMILES string of the molecule is CC(C)(C)OC(=O)N[C@H]1CCCCC/C=C\[C@@H]2C[C@@]2(C(=O)O)NC(=O)[C@@H]2C[C@H](n3ncc(N4CCCC4)c(-c4ccsc4)c3=O)CN2C1=O. The average molecular weight is 695 g/mol. The highest BCUT2D eigenvalue weighted by molar-refractivity contribution is 7.08. The molecule has 1 saturated carbocycles. The normalized spacial score (nSPS) is 28.5. The number of hydrogen-bond acceptors (Lipinski definition) is 9. The van der Waals surface area contributed by atoms with Gasteiger partial charge in [-0.15, -0.1) is 0 Å². The molecule has 5 heterocycles. The molecule has 0 unspecified atom stereocenters. The van der Waals surface area contributed by atoms with Gasteiger partial charge in [-0.1, -0.05) is 25.0 Å². The zero-order valence-corrected chi connectivity index (χ0v) is 29.2. The Morgan fingerprint density at radius 3 is 2.59 bits per heavy atom. The third kappa shape index (κ3) is 7.38. The minimum atomic E-state index is -1.46. The van der Waals surface area contributed by atoms with Crippen LogP contribution in [0.4, 0.5) is 10.5 Å². The quantitative estimate of drug-likeness (QED) is 0.392. The summed E-state index contributed by atoms with van der Waals surface area (Å²) in [6.07, 6.45) is 10.4. The van der Waals surface area contributed by atoms with Crippen molar-refractivity contribution in [2.45, 2.75) is 108 Å². The van der Waals surface area contributed by atoms with Crippen molar-refractivity contribution in [2.75, 3.05) is 24.5 Å². The van der Waals surface area contributed by atoms with Crippen molar-refractivity contribution in [2.24, 2.45) is 5.92 Å². The van der Waals surface area contributed by atoms with Gasteiger partial charge in [-0.05, 0) is 76.1 Å². The Hall–Kier alpha value is -4.20. The number of carbonyl (C=O) groups excluding carboxylic acids is 3. The van der Waals surface area contributed by atoms with Crippen LogP contribution in [0.2, 0.25) is 0 Å². The van der Waals surface area contributed by atoms with E-state index in [1.54, 1.807) is 27.0 Å². The van der Waals surface area contributed by atoms with Crippen LogP contribution < -0.4 is 21.1 Å². The van der Waals surface area contributed by atoms with Gasteiger partial charge in [0.2, 0.25) is 11.8 Å². The van der Waals surface area contributed by atoms with Crippen molar-refractivity contribution >= 4 is 40.9 Å². The molecular formula is C35H46N6O7S. The number of allylic oxidation sites excluding steroid dienone is 1. The number of anilines is 1. The van der Waals surface area contributed by atoms with Gasteiger partial charge >= 0.3 is 12.1 Å². The fourth-order valence-corrected chi connectivity index (χ4v) is 7.95. The lowest BCUT2D eigenvalue weighted by Crippen LogP contribution is -2.56. The van der Waals surface area contributed by atoms with Crippen LogP contribution in [0.5, 0.6) is 0 Å². The lowest BCUT2D eigenvalue weighted by molar-refractivity contribution is -0.145. The Morgan fingerprint density at radius 2 is 1.90 bits per heavy atom. The number of carboxylic acid groups (broad SMARTS) is 1. The highest BCUT2D eigenvalue weighted by Gasteiger charge is 2.61. The molecule has 6 rings (SSSR count). The average Bonchev–Trinajstić information content (AvgIpc) is 3.56. The number of nitrogens with zero attached hydrogens (tertiary/aromatic N) is 4. The van der Waals surface area contributed by atoms with E-state index in [2.05, 4.69) is 20.6 Å². The molecule has 264 valence electrons. The van der Waals surface area contributed by atoms with Crippen LogP contribution in [0.15, 0.2) is 40.0 Å². The zero-order chi connectivity index (χ0) is 34.9. The first-order chi connectivity index (χ1) is 23.4. The number of fused-ring (bicyclic) bond motifs is 2. The maximum atomic E-state index is 14.4. The summed E-state index contributed by atoms with van der Waals surface area (Å²) in [5, 5.41) is 24.2. The van der Waals surface area contributed by atoms with Gasteiger partial charge < -0.3 is 30.3 Å². The van der Waals surface area contributed by atoms with Crippen molar-refractivity contribution in [1.29, 1.82) is 0 Å². The number of carboxylic acids is 1. The van der Waals surface area contributed by atoms with Crippen LogP contribution in [-0.2, 0) is 19.1 Å². The second-order valence-electron chi connectivity index (χ2n) is 14.6. The molecule has 2 saturated heterocycles. The molecule has 0 radical (unpaired) electrons. The minimum absolute atomic E-state index is 0.0220. The van der Waals surface area contributed by atoms with Gasteiger partial charge in [-0.25, -0.2) is 14.3 Å². The predicted octanol–water partition coefficient (Wildman–Crippen LogP) is 4.09. The van der Waals surface area contributed by atoms with Gasteiger partial charge in [0.25, 0.3) is 5.56 Å². The van der Waals surface area contributed by atoms with Gasteiger partial charge in [-0.3, -0.25) is 14.4 Å². The number of nitrogens with one attached hydrogen (secondary N) is 2. The Bertz CT molecular complexity index is 1660. The van der Waals surface area contributed by atoms with Gasteiger partial charge in [0.1, 0.15) is 23.2 Å². The standard InChI is InChI=1S/C35H46N6O7S/c1-34(2,3)48-33(47)37-25-12-8-6-4-5-7-11-23-18-35(23,32(45)46)38-29(42)26-17-24(20-40(26)30(25)43)41-31(44)28(22-13-16-49-21-22)27(19-36-41)39-14-9-10-15-39/h7,11,13,16,19,21,23-26H,4-6,8-10,12,14-15,17-18,20H2,1-3H3,(H,37,47)(H,38,42)(H,45,46)/b11-7-/t23-,24+,25+,26+,35-/m1/s1. The van der Waals surface area contributed by atoms with E-state index in [1.807, 2.05) is 29.0 Å². The molecule has 14 heteroatoms. The number of hydrogen-bond donors (Lipinski definition) is 3. The third-order valence-electron chi connectivity index (χ3n) is 9.91. The fraction of sp³-hybridized carbons (Fsp3) is 0.600. The van der Waals surface area contributed by atoms with E-state index in [1.165, 1.54) is 20.9 Å². The summed E-state index contributed by atoms with van der Waals surface area (Å²) < 4.78 is 6.85. The van der Waals surface area contributed by atoms with E-state index in [0.717, 1.165) is 56.4 Å². The topological polar surface area (TPSA) is 163 Å². The van der Waals surface area contributed by atoms with Gasteiger partial charge in [-0.2, -0.15) is 16.4 Å². The summed E-state index contributed by atoms with van der Waals surface area (Å²) in [7, 11) is 0. The minimum Gasteiger partial charge on any atom is -0.479 e. The first-order valence-electron chi connectivity index (χ1n) is 17.3. The van der Waals surface area contributed by atoms with Crippen molar-refractivity contribution < 1.29 is 29.0 Å². The molecule has 2 aromatic rings. The van der Waals surface area contributed by atoms with Crippen LogP contribution in [0, 0.1) is 5.92 Å². The first kappa shape index (κ1) is 34.7. The van der Waals surface area contributed by atoms with Crippen LogP contribution >= 0.6 is 11.3 Å². The van der Waals surface area contributed by atoms with Crippen LogP contribution in [0.3, 0.4) is 0 Å². The number of alkyl carbamates (subject to hydrolysis) is 1. The van der Waals surface area contributed by atoms with Crippen molar-refractivity contribution in [3.05, 3.63) is 45.5 Å². The van der Waals surface area contributed by atoms with E-state index in [9.17, 15) is 29.1 Å². The number of amides is 3.